The molecule has 0 bridgehead atoms. The molecule has 0 saturated heterocycles. The van der Waals surface area contributed by atoms with Crippen molar-refractivity contribution < 1.29 is 9.84 Å². The van der Waals surface area contributed by atoms with Crippen molar-refractivity contribution in [1.29, 1.82) is 0 Å². The van der Waals surface area contributed by atoms with Crippen LogP contribution in [0.15, 0.2) is 30.3 Å². The van der Waals surface area contributed by atoms with E-state index in [1.54, 1.807) is 14.0 Å². The molecule has 0 saturated carbocycles. The molecule has 0 fully saturated rings. The number of methoxy groups -OCH3 is 1. The van der Waals surface area contributed by atoms with E-state index in [-0.39, 0.29) is 6.10 Å². The average molecular weight is 166 g/mol. The van der Waals surface area contributed by atoms with Crippen molar-refractivity contribution in [3.8, 4) is 0 Å². The maximum atomic E-state index is 9.34. The molecule has 0 heterocycles. The summed E-state index contributed by atoms with van der Waals surface area (Å²) in [6, 6.07) is 9.70. The number of hydrogen-bond donors (Lipinski definition) is 1. The molecule has 1 rings (SSSR count). The highest BCUT2D eigenvalue weighted by atomic mass is 16.5. The van der Waals surface area contributed by atoms with Crippen LogP contribution in [0.3, 0.4) is 0 Å². The molecular formula is C10H14O2. The van der Waals surface area contributed by atoms with E-state index in [2.05, 4.69) is 0 Å². The molecule has 0 amide bonds. The van der Waals surface area contributed by atoms with Crippen molar-refractivity contribution >= 4 is 0 Å². The second-order valence-electron chi connectivity index (χ2n) is 2.81. The highest BCUT2D eigenvalue weighted by Crippen LogP contribution is 2.19. The molecular weight excluding hydrogens is 152 g/mol. The van der Waals surface area contributed by atoms with Gasteiger partial charge in [0.1, 0.15) is 6.10 Å². The fraction of sp³-hybridized carbons (Fsp3) is 0.400. The van der Waals surface area contributed by atoms with Gasteiger partial charge >= 0.3 is 0 Å². The zero-order valence-corrected chi connectivity index (χ0v) is 7.40. The lowest BCUT2D eigenvalue weighted by atomic mass is 10.1. The first-order valence-electron chi connectivity index (χ1n) is 4.01. The molecule has 66 valence electrons. The van der Waals surface area contributed by atoms with Crippen LogP contribution in [-0.2, 0) is 4.74 Å². The lowest BCUT2D eigenvalue weighted by molar-refractivity contribution is -0.00347. The Morgan fingerprint density at radius 3 is 2.25 bits per heavy atom. The zero-order valence-electron chi connectivity index (χ0n) is 7.40. The highest BCUT2D eigenvalue weighted by molar-refractivity contribution is 5.18. The lowest BCUT2D eigenvalue weighted by Crippen LogP contribution is -2.16. The van der Waals surface area contributed by atoms with E-state index in [0.717, 1.165) is 5.56 Å². The topological polar surface area (TPSA) is 29.5 Å². The molecule has 0 aliphatic carbocycles. The molecule has 1 aromatic rings. The smallest absolute Gasteiger partial charge is 0.108 e. The largest absolute Gasteiger partial charge is 0.390 e. The maximum Gasteiger partial charge on any atom is 0.108 e. The van der Waals surface area contributed by atoms with Crippen LogP contribution in [0.2, 0.25) is 0 Å². The normalized spacial score (nSPS) is 15.6. The molecule has 2 nitrogen and oxygen atoms in total. The number of rotatable bonds is 3. The van der Waals surface area contributed by atoms with Crippen LogP contribution in [0.5, 0.6) is 0 Å². The van der Waals surface area contributed by atoms with E-state index in [1.807, 2.05) is 30.3 Å². The van der Waals surface area contributed by atoms with Gasteiger partial charge in [0.2, 0.25) is 0 Å². The molecule has 0 spiro atoms. The van der Waals surface area contributed by atoms with E-state index >= 15 is 0 Å². The Kier molecular flexibility index (Phi) is 3.26. The van der Waals surface area contributed by atoms with E-state index in [1.165, 1.54) is 0 Å². The van der Waals surface area contributed by atoms with Gasteiger partial charge in [0.05, 0.1) is 6.10 Å². The van der Waals surface area contributed by atoms with Gasteiger partial charge in [-0.25, -0.2) is 0 Å². The number of hydrogen-bond acceptors (Lipinski definition) is 2. The Balaban J connectivity index is 2.80. The first kappa shape index (κ1) is 9.23. The summed E-state index contributed by atoms with van der Waals surface area (Å²) in [6.07, 6.45) is -0.691. The predicted octanol–water partition coefficient (Wildman–Crippen LogP) is 1.75. The van der Waals surface area contributed by atoms with Crippen LogP contribution >= 0.6 is 0 Å². The lowest BCUT2D eigenvalue weighted by Gasteiger charge is -2.18. The minimum Gasteiger partial charge on any atom is -0.390 e. The third-order valence-electron chi connectivity index (χ3n) is 1.82. The maximum absolute atomic E-state index is 9.34. The molecule has 0 aliphatic heterocycles. The summed E-state index contributed by atoms with van der Waals surface area (Å²) < 4.78 is 5.15. The number of benzene rings is 1. The number of aliphatic hydroxyl groups excluding tert-OH is 1. The minimum atomic E-state index is -0.475. The van der Waals surface area contributed by atoms with Gasteiger partial charge in [0.25, 0.3) is 0 Å². The van der Waals surface area contributed by atoms with Crippen LogP contribution in [0.25, 0.3) is 0 Å². The van der Waals surface area contributed by atoms with E-state index < -0.39 is 6.10 Å². The van der Waals surface area contributed by atoms with Gasteiger partial charge in [-0.2, -0.15) is 0 Å². The monoisotopic (exact) mass is 166 g/mol. The van der Waals surface area contributed by atoms with Gasteiger partial charge < -0.3 is 9.84 Å². The van der Waals surface area contributed by atoms with Crippen LogP contribution < -0.4 is 0 Å². The summed E-state index contributed by atoms with van der Waals surface area (Å²) in [5.41, 5.74) is 1.01. The summed E-state index contributed by atoms with van der Waals surface area (Å²) in [5.74, 6) is 0. The van der Waals surface area contributed by atoms with Crippen molar-refractivity contribution in [2.24, 2.45) is 0 Å². The molecule has 2 heteroatoms. The molecule has 1 aromatic carbocycles. The van der Waals surface area contributed by atoms with Gasteiger partial charge in [-0.1, -0.05) is 30.3 Å². The summed E-state index contributed by atoms with van der Waals surface area (Å²) >= 11 is 0. The molecule has 12 heavy (non-hydrogen) atoms. The first-order chi connectivity index (χ1) is 5.75. The van der Waals surface area contributed by atoms with Crippen molar-refractivity contribution in [2.45, 2.75) is 19.1 Å². The van der Waals surface area contributed by atoms with Crippen LogP contribution in [0.4, 0.5) is 0 Å². The van der Waals surface area contributed by atoms with Crippen molar-refractivity contribution in [3.63, 3.8) is 0 Å². The van der Waals surface area contributed by atoms with Crippen molar-refractivity contribution in [1.82, 2.24) is 0 Å². The number of aliphatic hydroxyl groups is 1. The first-order valence-corrected chi connectivity index (χ1v) is 4.01. The third kappa shape index (κ3) is 2.06. The molecule has 0 radical (unpaired) electrons. The number of ether oxygens (including phenoxy) is 1. The molecule has 0 aromatic heterocycles. The van der Waals surface area contributed by atoms with Crippen molar-refractivity contribution in [2.75, 3.05) is 7.11 Å². The van der Waals surface area contributed by atoms with Crippen LogP contribution in [0.1, 0.15) is 18.6 Å². The van der Waals surface area contributed by atoms with Gasteiger partial charge in [-0.15, -0.1) is 0 Å². The van der Waals surface area contributed by atoms with Gasteiger partial charge in [-0.3, -0.25) is 0 Å². The van der Waals surface area contributed by atoms with Gasteiger partial charge in [0.15, 0.2) is 0 Å². The highest BCUT2D eigenvalue weighted by Gasteiger charge is 2.15. The SMILES string of the molecule is COC(c1ccccc1)C(C)O. The Morgan fingerprint density at radius 2 is 1.83 bits per heavy atom. The van der Waals surface area contributed by atoms with Gasteiger partial charge in [-0.05, 0) is 12.5 Å². The molecule has 1 N–H and O–H groups in total. The predicted molar refractivity (Wildman–Crippen MR) is 47.9 cm³/mol. The third-order valence-corrected chi connectivity index (χ3v) is 1.82. The standard InChI is InChI=1S/C10H14O2/c1-8(11)10(12-2)9-6-4-3-5-7-9/h3-8,10-11H,1-2H3. The molecule has 2 atom stereocenters. The van der Waals surface area contributed by atoms with Crippen LogP contribution in [-0.4, -0.2) is 18.3 Å². The second kappa shape index (κ2) is 4.24. The molecule has 2 unspecified atom stereocenters. The van der Waals surface area contributed by atoms with E-state index in [0.29, 0.717) is 0 Å². The van der Waals surface area contributed by atoms with Crippen molar-refractivity contribution in [3.05, 3.63) is 35.9 Å². The van der Waals surface area contributed by atoms with Gasteiger partial charge in [0, 0.05) is 7.11 Å². The fourth-order valence-electron chi connectivity index (χ4n) is 1.25. The molecule has 0 aliphatic rings. The Hall–Kier alpha value is -0.860. The zero-order chi connectivity index (χ0) is 8.97. The Morgan fingerprint density at radius 1 is 1.25 bits per heavy atom. The van der Waals surface area contributed by atoms with E-state index in [4.69, 9.17) is 4.74 Å². The Bertz CT molecular complexity index is 219. The van der Waals surface area contributed by atoms with E-state index in [9.17, 15) is 5.11 Å². The summed E-state index contributed by atoms with van der Waals surface area (Å²) in [5, 5.41) is 9.34. The van der Waals surface area contributed by atoms with Crippen LogP contribution in [0, 0.1) is 0 Å². The average Bonchev–Trinajstić information content (AvgIpc) is 2.07. The Labute approximate surface area is 72.8 Å². The second-order valence-corrected chi connectivity index (χ2v) is 2.81. The minimum absolute atomic E-state index is 0.216. The quantitative estimate of drug-likeness (QED) is 0.741. The fourth-order valence-corrected chi connectivity index (χ4v) is 1.25. The summed E-state index contributed by atoms with van der Waals surface area (Å²) in [7, 11) is 1.60. The summed E-state index contributed by atoms with van der Waals surface area (Å²) in [6.45, 7) is 1.72. The summed E-state index contributed by atoms with van der Waals surface area (Å²) in [4.78, 5) is 0.